The highest BCUT2D eigenvalue weighted by atomic mass is 79.9. The summed E-state index contributed by atoms with van der Waals surface area (Å²) in [7, 11) is 0. The molecule has 1 saturated heterocycles. The van der Waals surface area contributed by atoms with Crippen LogP contribution >= 0.6 is 15.9 Å². The molecule has 1 aliphatic heterocycles. The standard InChI is InChI=1S/C8H13BrN2O/c1-6(9)5-11-7-3-2-4-10-8(7)12/h7,11H,1-5H2,(H,10,12). The Labute approximate surface area is 80.7 Å². The first-order valence-corrected chi connectivity index (χ1v) is 4.84. The Balaban J connectivity index is 2.29. The molecule has 1 amide bonds. The molecular formula is C8H13BrN2O. The van der Waals surface area contributed by atoms with Gasteiger partial charge in [0.15, 0.2) is 0 Å². The second-order valence-corrected chi connectivity index (χ2v) is 4.01. The maximum Gasteiger partial charge on any atom is 0.237 e. The zero-order valence-electron chi connectivity index (χ0n) is 6.90. The molecule has 3 nitrogen and oxygen atoms in total. The van der Waals surface area contributed by atoms with E-state index in [-0.39, 0.29) is 11.9 Å². The Hall–Kier alpha value is -0.350. The highest BCUT2D eigenvalue weighted by Crippen LogP contribution is 2.04. The van der Waals surface area contributed by atoms with Crippen LogP contribution in [0.4, 0.5) is 0 Å². The monoisotopic (exact) mass is 232 g/mol. The lowest BCUT2D eigenvalue weighted by Gasteiger charge is -2.22. The van der Waals surface area contributed by atoms with Crippen molar-refractivity contribution in [1.82, 2.24) is 10.6 Å². The SMILES string of the molecule is C=C(Br)CNC1CCCNC1=O. The van der Waals surface area contributed by atoms with Gasteiger partial charge in [-0.05, 0) is 12.8 Å². The summed E-state index contributed by atoms with van der Waals surface area (Å²) in [6, 6.07) is -0.0342. The maximum absolute atomic E-state index is 11.2. The molecule has 0 aromatic carbocycles. The lowest BCUT2D eigenvalue weighted by Crippen LogP contribution is -2.48. The van der Waals surface area contributed by atoms with Crippen molar-refractivity contribution in [3.63, 3.8) is 0 Å². The molecule has 0 spiro atoms. The fraction of sp³-hybridized carbons (Fsp3) is 0.625. The van der Waals surface area contributed by atoms with Crippen molar-refractivity contribution in [3.8, 4) is 0 Å². The number of carbonyl (C=O) groups excluding carboxylic acids is 1. The summed E-state index contributed by atoms with van der Waals surface area (Å²) in [5, 5.41) is 5.92. The quantitative estimate of drug-likeness (QED) is 0.755. The van der Waals surface area contributed by atoms with Gasteiger partial charge in [-0.2, -0.15) is 0 Å². The highest BCUT2D eigenvalue weighted by molar-refractivity contribution is 9.11. The molecule has 0 aromatic heterocycles. The summed E-state index contributed by atoms with van der Waals surface area (Å²) in [6.07, 6.45) is 1.98. The van der Waals surface area contributed by atoms with E-state index >= 15 is 0 Å². The van der Waals surface area contributed by atoms with Crippen molar-refractivity contribution in [2.75, 3.05) is 13.1 Å². The molecule has 1 unspecified atom stereocenters. The van der Waals surface area contributed by atoms with Crippen LogP contribution in [0.15, 0.2) is 11.1 Å². The largest absolute Gasteiger partial charge is 0.355 e. The van der Waals surface area contributed by atoms with Gasteiger partial charge >= 0.3 is 0 Å². The summed E-state index contributed by atoms with van der Waals surface area (Å²) < 4.78 is 0.876. The van der Waals surface area contributed by atoms with Crippen LogP contribution < -0.4 is 10.6 Å². The number of piperidine rings is 1. The van der Waals surface area contributed by atoms with E-state index in [9.17, 15) is 4.79 Å². The fourth-order valence-corrected chi connectivity index (χ4v) is 1.36. The first-order chi connectivity index (χ1) is 5.70. The van der Waals surface area contributed by atoms with E-state index in [1.165, 1.54) is 0 Å². The Kier molecular flexibility index (Phi) is 3.75. The van der Waals surface area contributed by atoms with Crippen LogP contribution in [0.5, 0.6) is 0 Å². The molecule has 68 valence electrons. The molecule has 1 atom stereocenters. The van der Waals surface area contributed by atoms with E-state index in [4.69, 9.17) is 0 Å². The Morgan fingerprint density at radius 1 is 1.83 bits per heavy atom. The minimum atomic E-state index is -0.0342. The zero-order chi connectivity index (χ0) is 8.97. The summed E-state index contributed by atoms with van der Waals surface area (Å²) >= 11 is 3.23. The second-order valence-electron chi connectivity index (χ2n) is 2.88. The number of amides is 1. The van der Waals surface area contributed by atoms with E-state index in [1.807, 2.05) is 0 Å². The average molecular weight is 233 g/mol. The first-order valence-electron chi connectivity index (χ1n) is 4.04. The van der Waals surface area contributed by atoms with Crippen LogP contribution in [-0.2, 0) is 4.79 Å². The Morgan fingerprint density at radius 3 is 3.17 bits per heavy atom. The topological polar surface area (TPSA) is 41.1 Å². The van der Waals surface area contributed by atoms with Gasteiger partial charge in [0, 0.05) is 17.6 Å². The molecule has 0 saturated carbocycles. The van der Waals surface area contributed by atoms with Gasteiger partial charge in [0.05, 0.1) is 6.04 Å². The molecule has 4 heteroatoms. The highest BCUT2D eigenvalue weighted by Gasteiger charge is 2.20. The number of hydrogen-bond acceptors (Lipinski definition) is 2. The summed E-state index contributed by atoms with van der Waals surface area (Å²) in [5.41, 5.74) is 0. The molecule has 1 aliphatic rings. The van der Waals surface area contributed by atoms with Crippen LogP contribution in [-0.4, -0.2) is 25.0 Å². The molecule has 0 radical (unpaired) electrons. The van der Waals surface area contributed by atoms with E-state index in [2.05, 4.69) is 33.1 Å². The van der Waals surface area contributed by atoms with Crippen molar-refractivity contribution in [2.45, 2.75) is 18.9 Å². The van der Waals surface area contributed by atoms with E-state index < -0.39 is 0 Å². The smallest absolute Gasteiger partial charge is 0.237 e. The van der Waals surface area contributed by atoms with Crippen LogP contribution in [0.2, 0.25) is 0 Å². The third kappa shape index (κ3) is 2.95. The normalized spacial score (nSPS) is 23.4. The average Bonchev–Trinajstić information content (AvgIpc) is 2.03. The lowest BCUT2D eigenvalue weighted by atomic mass is 10.1. The van der Waals surface area contributed by atoms with Gasteiger partial charge in [-0.15, -0.1) is 0 Å². The van der Waals surface area contributed by atoms with Gasteiger partial charge < -0.3 is 10.6 Å². The van der Waals surface area contributed by atoms with Crippen molar-refractivity contribution in [1.29, 1.82) is 0 Å². The number of carbonyl (C=O) groups is 1. The molecule has 1 rings (SSSR count). The van der Waals surface area contributed by atoms with E-state index in [0.717, 1.165) is 23.9 Å². The lowest BCUT2D eigenvalue weighted by molar-refractivity contribution is -0.124. The van der Waals surface area contributed by atoms with Gasteiger partial charge in [-0.3, -0.25) is 4.79 Å². The molecule has 12 heavy (non-hydrogen) atoms. The number of hydrogen-bond donors (Lipinski definition) is 2. The van der Waals surface area contributed by atoms with Crippen molar-refractivity contribution < 1.29 is 4.79 Å². The predicted octanol–water partition coefficient (Wildman–Crippen LogP) is 0.763. The van der Waals surface area contributed by atoms with Gasteiger partial charge in [0.2, 0.25) is 5.91 Å². The number of rotatable bonds is 3. The minimum Gasteiger partial charge on any atom is -0.355 e. The van der Waals surface area contributed by atoms with Crippen LogP contribution in [0.25, 0.3) is 0 Å². The molecular weight excluding hydrogens is 220 g/mol. The Morgan fingerprint density at radius 2 is 2.58 bits per heavy atom. The molecule has 2 N–H and O–H groups in total. The summed E-state index contributed by atoms with van der Waals surface area (Å²) in [6.45, 7) is 5.15. The fourth-order valence-electron chi connectivity index (χ4n) is 1.20. The number of halogens is 1. The Bertz CT molecular complexity index is 193. The maximum atomic E-state index is 11.2. The van der Waals surface area contributed by atoms with Crippen molar-refractivity contribution in [2.24, 2.45) is 0 Å². The third-order valence-electron chi connectivity index (χ3n) is 1.83. The second kappa shape index (κ2) is 4.62. The van der Waals surface area contributed by atoms with Crippen LogP contribution in [0.1, 0.15) is 12.8 Å². The van der Waals surface area contributed by atoms with Crippen molar-refractivity contribution >= 4 is 21.8 Å². The molecule has 0 bridgehead atoms. The van der Waals surface area contributed by atoms with Crippen molar-refractivity contribution in [3.05, 3.63) is 11.1 Å². The minimum absolute atomic E-state index is 0.0342. The zero-order valence-corrected chi connectivity index (χ0v) is 8.49. The first kappa shape index (κ1) is 9.74. The van der Waals surface area contributed by atoms with Gasteiger partial charge in [0.25, 0.3) is 0 Å². The summed E-state index contributed by atoms with van der Waals surface area (Å²) in [5.74, 6) is 0.106. The van der Waals surface area contributed by atoms with Crippen LogP contribution in [0.3, 0.4) is 0 Å². The molecule has 0 aliphatic carbocycles. The molecule has 1 fully saturated rings. The number of nitrogens with one attached hydrogen (secondary N) is 2. The van der Waals surface area contributed by atoms with E-state index in [0.29, 0.717) is 6.54 Å². The van der Waals surface area contributed by atoms with Gasteiger partial charge in [-0.1, -0.05) is 22.5 Å². The van der Waals surface area contributed by atoms with Gasteiger partial charge in [-0.25, -0.2) is 0 Å². The van der Waals surface area contributed by atoms with Crippen LogP contribution in [0, 0.1) is 0 Å². The van der Waals surface area contributed by atoms with Gasteiger partial charge in [0.1, 0.15) is 0 Å². The van der Waals surface area contributed by atoms with E-state index in [1.54, 1.807) is 0 Å². The third-order valence-corrected chi connectivity index (χ3v) is 2.11. The predicted molar refractivity (Wildman–Crippen MR) is 52.1 cm³/mol. The summed E-state index contributed by atoms with van der Waals surface area (Å²) in [4.78, 5) is 11.2. The molecule has 1 heterocycles. The molecule has 0 aromatic rings.